The lowest BCUT2D eigenvalue weighted by atomic mass is 9.85. The molecule has 10 rings (SSSR count). The van der Waals surface area contributed by atoms with Gasteiger partial charge < -0.3 is 29.6 Å². The molecule has 2 atom stereocenters. The van der Waals surface area contributed by atoms with Gasteiger partial charge in [0.05, 0.1) is 28.6 Å². The molecule has 68 heavy (non-hydrogen) atoms. The van der Waals surface area contributed by atoms with Crippen LogP contribution in [0.4, 0.5) is 9.59 Å². The van der Waals surface area contributed by atoms with Crippen molar-refractivity contribution in [1.29, 1.82) is 0 Å². The number of pyridine rings is 2. The number of carboxylic acid groups (broad SMARTS) is 1. The van der Waals surface area contributed by atoms with Crippen molar-refractivity contribution in [2.75, 3.05) is 39.3 Å². The lowest BCUT2D eigenvalue weighted by Crippen LogP contribution is -2.64. The van der Waals surface area contributed by atoms with Gasteiger partial charge in [-0.3, -0.25) is 29.4 Å². The Morgan fingerprint density at radius 3 is 1.84 bits per heavy atom. The summed E-state index contributed by atoms with van der Waals surface area (Å²) in [7, 11) is 0. The highest BCUT2D eigenvalue weighted by Gasteiger charge is 2.49. The van der Waals surface area contributed by atoms with Gasteiger partial charge in [-0.05, 0) is 83.6 Å². The molecule has 3 N–H and O–H groups in total. The number of nitrogens with zero attached hydrogens (tertiary/aromatic N) is 8. The Morgan fingerprint density at radius 1 is 0.632 bits per heavy atom. The minimum Gasteiger partial charge on any atom is -0.465 e. The molecule has 0 bridgehead atoms. The van der Waals surface area contributed by atoms with Crippen molar-refractivity contribution < 1.29 is 29.0 Å². The largest absolute Gasteiger partial charge is 0.465 e. The second-order valence-corrected chi connectivity index (χ2v) is 17.2. The Labute approximate surface area is 391 Å². The van der Waals surface area contributed by atoms with E-state index in [4.69, 9.17) is 14.7 Å². The van der Waals surface area contributed by atoms with E-state index in [1.54, 1.807) is 63.8 Å². The first-order valence-electron chi connectivity index (χ1n) is 22.6. The average Bonchev–Trinajstić information content (AvgIpc) is 4.02. The van der Waals surface area contributed by atoms with Crippen LogP contribution in [0.5, 0.6) is 0 Å². The van der Waals surface area contributed by atoms with E-state index in [0.29, 0.717) is 54.1 Å². The molecule has 0 aliphatic carbocycles. The summed E-state index contributed by atoms with van der Waals surface area (Å²) in [5.41, 5.74) is 6.67. The van der Waals surface area contributed by atoms with Crippen LogP contribution in [-0.2, 0) is 36.1 Å². The van der Waals surface area contributed by atoms with Crippen molar-refractivity contribution in [2.45, 2.75) is 37.5 Å². The molecule has 0 radical (unpaired) electrons. The molecule has 4 amide bonds. The van der Waals surface area contributed by atoms with Crippen LogP contribution >= 0.6 is 0 Å². The first kappa shape index (κ1) is 43.5. The quantitative estimate of drug-likeness (QED) is 0.118. The summed E-state index contributed by atoms with van der Waals surface area (Å²) in [4.78, 5) is 85.8. The van der Waals surface area contributed by atoms with E-state index in [-0.39, 0.29) is 51.1 Å². The maximum absolute atomic E-state index is 13.8. The van der Waals surface area contributed by atoms with Gasteiger partial charge in [-0.1, -0.05) is 72.8 Å². The highest BCUT2D eigenvalue weighted by molar-refractivity contribution is 5.95. The minimum atomic E-state index is -1.21. The Kier molecular flexibility index (Phi) is 12.0. The molecule has 16 heteroatoms. The van der Waals surface area contributed by atoms with Gasteiger partial charge in [0.25, 0.3) is 11.8 Å². The van der Waals surface area contributed by atoms with Gasteiger partial charge in [0, 0.05) is 75.1 Å². The van der Waals surface area contributed by atoms with Crippen LogP contribution in [0.3, 0.4) is 0 Å². The number of fused-ring (bicyclic) bond motifs is 2. The number of amides is 4. The monoisotopic (exact) mass is 908 g/mol. The van der Waals surface area contributed by atoms with Gasteiger partial charge in [-0.25, -0.2) is 19.6 Å². The zero-order valence-corrected chi connectivity index (χ0v) is 37.1. The van der Waals surface area contributed by atoms with Gasteiger partial charge in [0.2, 0.25) is 0 Å². The van der Waals surface area contributed by atoms with Crippen LogP contribution < -0.4 is 0 Å². The number of benzene rings is 4. The average molecular weight is 909 g/mol. The van der Waals surface area contributed by atoms with Crippen LogP contribution in [0.25, 0.3) is 22.1 Å². The van der Waals surface area contributed by atoms with Crippen molar-refractivity contribution in [3.8, 4) is 0 Å². The summed E-state index contributed by atoms with van der Waals surface area (Å²) in [6, 6.07) is 37.4. The summed E-state index contributed by atoms with van der Waals surface area (Å²) in [6.45, 7) is 1.36. The molecule has 2 unspecified atom stereocenters. The first-order valence-corrected chi connectivity index (χ1v) is 22.6. The fraction of sp³-hybridized carbons (Fsp3) is 0.231. The minimum absolute atomic E-state index is 0.0962. The van der Waals surface area contributed by atoms with Gasteiger partial charge >= 0.3 is 12.2 Å². The van der Waals surface area contributed by atoms with Crippen molar-refractivity contribution in [3.63, 3.8) is 0 Å². The fourth-order valence-electron chi connectivity index (χ4n) is 9.43. The van der Waals surface area contributed by atoms with Crippen LogP contribution in [0.1, 0.15) is 60.7 Å². The molecule has 8 aromatic rings. The predicted octanol–water partition coefficient (Wildman–Crippen LogP) is 7.42. The van der Waals surface area contributed by atoms with Crippen LogP contribution in [0.2, 0.25) is 0 Å². The number of aromatic nitrogens is 6. The molecule has 0 saturated carbocycles. The molecule has 2 aliphatic rings. The lowest BCUT2D eigenvalue weighted by molar-refractivity contribution is 0.00115. The van der Waals surface area contributed by atoms with Crippen molar-refractivity contribution in [1.82, 2.24) is 49.5 Å². The summed E-state index contributed by atoms with van der Waals surface area (Å²) < 4.78 is 5.78. The Bertz CT molecular complexity index is 3100. The van der Waals surface area contributed by atoms with Gasteiger partial charge in [-0.15, -0.1) is 0 Å². The number of carbonyl (C=O) groups is 4. The fourth-order valence-corrected chi connectivity index (χ4v) is 9.43. The summed E-state index contributed by atoms with van der Waals surface area (Å²) in [6.07, 6.45) is 6.44. The summed E-state index contributed by atoms with van der Waals surface area (Å²) in [5.74, 6) is 0.666. The van der Waals surface area contributed by atoms with Gasteiger partial charge in [0.1, 0.15) is 29.8 Å². The predicted molar refractivity (Wildman–Crippen MR) is 253 cm³/mol. The smallest absolute Gasteiger partial charge is 0.410 e. The van der Waals surface area contributed by atoms with E-state index in [0.717, 1.165) is 38.8 Å². The molecular formula is C52H48N10O6. The summed E-state index contributed by atoms with van der Waals surface area (Å²) >= 11 is 0. The van der Waals surface area contributed by atoms with Crippen LogP contribution in [0.15, 0.2) is 146 Å². The number of piperazine rings is 2. The number of hydrogen-bond acceptors (Lipinski definition) is 9. The summed E-state index contributed by atoms with van der Waals surface area (Å²) in [5, 5.41) is 10.7. The number of ether oxygens (including phenoxy) is 1. The lowest BCUT2D eigenvalue weighted by Gasteiger charge is -2.48. The van der Waals surface area contributed by atoms with E-state index in [2.05, 4.69) is 32.1 Å². The second kappa shape index (κ2) is 18.8. The molecule has 2 aliphatic heterocycles. The Hall–Kier alpha value is -8.40. The molecule has 2 fully saturated rings. The molecule has 4 aromatic heterocycles. The standard InChI is InChI=1S/C52H48N10O6/c63-47(39-17-21-53-22-18-39)59-25-27-61(51(67)68-33-38-9-5-2-6-10-38)45(32-59)46-55-41-15-13-35(29-43(41)56-46)11-12-36-14-16-42-44(30-36)58-49(57-42)52(31-37-7-3-1-4-8-37)34-60(26-28-62(52)50(65)66)48(64)40-19-23-54-24-20-40/h1-10,13-24,29-30,45H,11-12,25-28,31-34H2,(H,55,56)(H,57,58)(H,65,66). The van der Waals surface area contributed by atoms with E-state index in [1.807, 2.05) is 84.9 Å². The van der Waals surface area contributed by atoms with Crippen molar-refractivity contribution >= 4 is 46.1 Å². The molecule has 6 heterocycles. The Balaban J connectivity index is 0.894. The topological polar surface area (TPSA) is 194 Å². The van der Waals surface area contributed by atoms with Crippen molar-refractivity contribution in [3.05, 3.63) is 191 Å². The number of nitrogens with one attached hydrogen (secondary N) is 2. The van der Waals surface area contributed by atoms with Crippen LogP contribution in [-0.4, -0.2) is 118 Å². The third kappa shape index (κ3) is 8.95. The Morgan fingerprint density at radius 2 is 1.21 bits per heavy atom. The normalized spacial score (nSPS) is 17.4. The molecule has 342 valence electrons. The maximum atomic E-state index is 13.8. The maximum Gasteiger partial charge on any atom is 0.410 e. The number of hydrogen-bond donors (Lipinski definition) is 3. The zero-order valence-electron chi connectivity index (χ0n) is 37.1. The van der Waals surface area contributed by atoms with Gasteiger partial charge in [-0.2, -0.15) is 0 Å². The van der Waals surface area contributed by atoms with Crippen molar-refractivity contribution in [2.24, 2.45) is 0 Å². The number of imidazole rings is 2. The number of H-pyrrole nitrogens is 2. The zero-order chi connectivity index (χ0) is 46.6. The van der Waals surface area contributed by atoms with E-state index >= 15 is 0 Å². The number of aryl methyl sites for hydroxylation is 2. The number of aromatic amines is 2. The number of carbonyl (C=O) groups excluding carboxylic acids is 3. The molecule has 0 spiro atoms. The van der Waals surface area contributed by atoms with E-state index < -0.39 is 23.8 Å². The van der Waals surface area contributed by atoms with Crippen LogP contribution in [0, 0.1) is 0 Å². The van der Waals surface area contributed by atoms with E-state index in [9.17, 15) is 24.3 Å². The highest BCUT2D eigenvalue weighted by atomic mass is 16.6. The molecular weight excluding hydrogens is 861 g/mol. The first-order chi connectivity index (χ1) is 33.2. The number of rotatable bonds is 11. The highest BCUT2D eigenvalue weighted by Crippen LogP contribution is 2.37. The molecule has 2 saturated heterocycles. The molecule has 16 nitrogen and oxygen atoms in total. The SMILES string of the molecule is O=C(c1ccncc1)N1CCN(C(=O)OCc2ccccc2)C(c2nc3ccc(CCc4ccc5nc(C6(Cc7ccccc7)CN(C(=O)c7ccncc7)CCN6C(=O)O)[nH]c5c4)cc3[nH]2)C1. The second-order valence-electron chi connectivity index (χ2n) is 17.2. The molecule has 4 aromatic carbocycles. The van der Waals surface area contributed by atoms with Gasteiger partial charge in [0.15, 0.2) is 0 Å². The third-order valence-corrected chi connectivity index (χ3v) is 13.0. The van der Waals surface area contributed by atoms with E-state index in [1.165, 1.54) is 4.90 Å². The third-order valence-electron chi connectivity index (χ3n) is 13.0.